The van der Waals surface area contributed by atoms with Crippen LogP contribution >= 0.6 is 22.9 Å². The van der Waals surface area contributed by atoms with Crippen LogP contribution in [0.4, 0.5) is 0 Å². The lowest BCUT2D eigenvalue weighted by atomic mass is 10.2. The number of carbonyl (C=O) groups is 1. The monoisotopic (exact) mass is 302 g/mol. The Hall–Kier alpha value is -0.620. The van der Waals surface area contributed by atoms with E-state index in [1.165, 1.54) is 11.3 Å². The van der Waals surface area contributed by atoms with Crippen molar-refractivity contribution in [1.82, 2.24) is 10.2 Å². The normalized spacial score (nSPS) is 24.4. The second kappa shape index (κ2) is 6.70. The Balaban J connectivity index is 1.74. The molecule has 106 valence electrons. The van der Waals surface area contributed by atoms with Gasteiger partial charge in [-0.1, -0.05) is 11.6 Å². The number of morpholine rings is 1. The average Bonchev–Trinajstić information content (AvgIpc) is 2.71. The van der Waals surface area contributed by atoms with E-state index in [0.29, 0.717) is 13.1 Å². The first kappa shape index (κ1) is 14.8. The van der Waals surface area contributed by atoms with Crippen LogP contribution < -0.4 is 5.32 Å². The number of hydrogen-bond acceptors (Lipinski definition) is 4. The molecule has 19 heavy (non-hydrogen) atoms. The van der Waals surface area contributed by atoms with Crippen molar-refractivity contribution in [3.63, 3.8) is 0 Å². The number of rotatable bonds is 4. The zero-order valence-electron chi connectivity index (χ0n) is 11.2. The number of nitrogens with zero attached hydrogens (tertiary/aromatic N) is 1. The molecular formula is C13H19ClN2O2S. The number of hydrogen-bond donors (Lipinski definition) is 1. The van der Waals surface area contributed by atoms with E-state index in [-0.39, 0.29) is 18.1 Å². The number of carbonyl (C=O) groups excluding carboxylic acids is 1. The van der Waals surface area contributed by atoms with Gasteiger partial charge in [0.05, 0.1) is 29.6 Å². The summed E-state index contributed by atoms with van der Waals surface area (Å²) in [4.78, 5) is 15.1. The SMILES string of the molecule is CC1CN(CC(=O)NCc2ccc(Cl)s2)CC(C)O1. The highest BCUT2D eigenvalue weighted by Crippen LogP contribution is 2.20. The molecule has 4 nitrogen and oxygen atoms in total. The quantitative estimate of drug-likeness (QED) is 0.926. The molecule has 6 heteroatoms. The minimum absolute atomic E-state index is 0.0471. The van der Waals surface area contributed by atoms with E-state index in [1.807, 2.05) is 26.0 Å². The second-order valence-electron chi connectivity index (χ2n) is 4.93. The van der Waals surface area contributed by atoms with Gasteiger partial charge in [-0.2, -0.15) is 0 Å². The third-order valence-electron chi connectivity index (χ3n) is 2.95. The number of thiophene rings is 1. The summed E-state index contributed by atoms with van der Waals surface area (Å²) in [5.74, 6) is 0.0471. The molecule has 1 N–H and O–H groups in total. The molecule has 2 rings (SSSR count). The molecule has 0 radical (unpaired) electrons. The van der Waals surface area contributed by atoms with Crippen LogP contribution in [0.2, 0.25) is 4.34 Å². The smallest absolute Gasteiger partial charge is 0.234 e. The van der Waals surface area contributed by atoms with E-state index >= 15 is 0 Å². The minimum atomic E-state index is 0.0471. The predicted molar refractivity (Wildman–Crippen MR) is 77.6 cm³/mol. The third kappa shape index (κ3) is 4.76. The summed E-state index contributed by atoms with van der Waals surface area (Å²) < 4.78 is 6.39. The van der Waals surface area contributed by atoms with E-state index in [0.717, 1.165) is 22.3 Å². The zero-order chi connectivity index (χ0) is 13.8. The Kier molecular flexibility index (Phi) is 5.21. The summed E-state index contributed by atoms with van der Waals surface area (Å²) in [5, 5.41) is 2.92. The van der Waals surface area contributed by atoms with Crippen LogP contribution in [0.3, 0.4) is 0 Å². The van der Waals surface area contributed by atoms with Crippen LogP contribution in [0.1, 0.15) is 18.7 Å². The van der Waals surface area contributed by atoms with Crippen molar-refractivity contribution >= 4 is 28.8 Å². The highest BCUT2D eigenvalue weighted by atomic mass is 35.5. The first-order valence-corrected chi connectivity index (χ1v) is 7.61. The topological polar surface area (TPSA) is 41.6 Å². The van der Waals surface area contributed by atoms with Crippen LogP contribution in [-0.2, 0) is 16.1 Å². The van der Waals surface area contributed by atoms with E-state index < -0.39 is 0 Å². The van der Waals surface area contributed by atoms with Crippen LogP contribution in [0.25, 0.3) is 0 Å². The standard InChI is InChI=1S/C13H19ClN2O2S/c1-9-6-16(7-10(2)18-9)8-13(17)15-5-11-3-4-12(14)19-11/h3-4,9-10H,5-8H2,1-2H3,(H,15,17). The fraction of sp³-hybridized carbons (Fsp3) is 0.615. The summed E-state index contributed by atoms with van der Waals surface area (Å²) in [6, 6.07) is 3.78. The van der Waals surface area contributed by atoms with Gasteiger partial charge in [0.25, 0.3) is 0 Å². The summed E-state index contributed by atoms with van der Waals surface area (Å²) in [5.41, 5.74) is 0. The van der Waals surface area contributed by atoms with Crippen LogP contribution in [0, 0.1) is 0 Å². The van der Waals surface area contributed by atoms with Crippen LogP contribution in [0.5, 0.6) is 0 Å². The Labute approximate surface area is 122 Å². The Morgan fingerprint density at radius 1 is 1.47 bits per heavy atom. The van der Waals surface area contributed by atoms with Gasteiger partial charge < -0.3 is 10.1 Å². The van der Waals surface area contributed by atoms with Gasteiger partial charge >= 0.3 is 0 Å². The Morgan fingerprint density at radius 3 is 2.74 bits per heavy atom. The van der Waals surface area contributed by atoms with Gasteiger partial charge in [-0.3, -0.25) is 9.69 Å². The number of halogens is 1. The van der Waals surface area contributed by atoms with Crippen LogP contribution in [-0.4, -0.2) is 42.6 Å². The molecule has 0 bridgehead atoms. The molecule has 0 aliphatic carbocycles. The van der Waals surface area contributed by atoms with Gasteiger partial charge in [0.1, 0.15) is 0 Å². The lowest BCUT2D eigenvalue weighted by Crippen LogP contribution is -2.49. The Morgan fingerprint density at radius 2 is 2.16 bits per heavy atom. The molecule has 2 unspecified atom stereocenters. The first-order chi connectivity index (χ1) is 9.02. The number of amides is 1. The average molecular weight is 303 g/mol. The zero-order valence-corrected chi connectivity index (χ0v) is 12.8. The van der Waals surface area contributed by atoms with Gasteiger partial charge in [0, 0.05) is 18.0 Å². The molecule has 2 atom stereocenters. The van der Waals surface area contributed by atoms with Crippen molar-refractivity contribution in [2.45, 2.75) is 32.6 Å². The molecule has 2 heterocycles. The minimum Gasteiger partial charge on any atom is -0.373 e. The molecular weight excluding hydrogens is 284 g/mol. The van der Waals surface area contributed by atoms with Gasteiger partial charge in [-0.25, -0.2) is 0 Å². The number of nitrogens with one attached hydrogen (secondary N) is 1. The summed E-state index contributed by atoms with van der Waals surface area (Å²) in [7, 11) is 0. The summed E-state index contributed by atoms with van der Waals surface area (Å²) in [6.45, 7) is 6.66. The van der Waals surface area contributed by atoms with Gasteiger partial charge in [0.15, 0.2) is 0 Å². The fourth-order valence-corrected chi connectivity index (χ4v) is 3.33. The molecule has 1 aromatic rings. The maximum Gasteiger partial charge on any atom is 0.234 e. The molecule has 0 spiro atoms. The van der Waals surface area contributed by atoms with Crippen molar-refractivity contribution < 1.29 is 9.53 Å². The van der Waals surface area contributed by atoms with Crippen molar-refractivity contribution in [3.8, 4) is 0 Å². The summed E-state index contributed by atoms with van der Waals surface area (Å²) in [6.07, 6.45) is 0.375. The predicted octanol–water partition coefficient (Wildman–Crippen LogP) is 2.13. The molecule has 0 aromatic carbocycles. The molecule has 1 saturated heterocycles. The lowest BCUT2D eigenvalue weighted by molar-refractivity contribution is -0.126. The maximum atomic E-state index is 11.9. The first-order valence-electron chi connectivity index (χ1n) is 6.41. The highest BCUT2D eigenvalue weighted by Gasteiger charge is 2.23. The fourth-order valence-electron chi connectivity index (χ4n) is 2.30. The largest absolute Gasteiger partial charge is 0.373 e. The van der Waals surface area contributed by atoms with Crippen molar-refractivity contribution in [1.29, 1.82) is 0 Å². The van der Waals surface area contributed by atoms with Crippen LogP contribution in [0.15, 0.2) is 12.1 Å². The van der Waals surface area contributed by atoms with E-state index in [9.17, 15) is 4.79 Å². The van der Waals surface area contributed by atoms with Crippen molar-refractivity contribution in [2.24, 2.45) is 0 Å². The molecule has 1 aliphatic heterocycles. The lowest BCUT2D eigenvalue weighted by Gasteiger charge is -2.34. The molecule has 1 aromatic heterocycles. The van der Waals surface area contributed by atoms with E-state index in [1.54, 1.807) is 0 Å². The molecule has 1 amide bonds. The summed E-state index contributed by atoms with van der Waals surface area (Å²) >= 11 is 7.34. The van der Waals surface area contributed by atoms with E-state index in [2.05, 4.69) is 10.2 Å². The van der Waals surface area contributed by atoms with Crippen molar-refractivity contribution in [2.75, 3.05) is 19.6 Å². The Bertz CT molecular complexity index is 428. The second-order valence-corrected chi connectivity index (χ2v) is 6.73. The molecule has 0 saturated carbocycles. The van der Waals surface area contributed by atoms with Crippen molar-refractivity contribution in [3.05, 3.63) is 21.3 Å². The third-order valence-corrected chi connectivity index (χ3v) is 4.18. The van der Waals surface area contributed by atoms with Gasteiger partial charge in [-0.15, -0.1) is 11.3 Å². The van der Waals surface area contributed by atoms with Gasteiger partial charge in [-0.05, 0) is 26.0 Å². The molecule has 1 fully saturated rings. The highest BCUT2D eigenvalue weighted by molar-refractivity contribution is 7.16. The van der Waals surface area contributed by atoms with Gasteiger partial charge in [0.2, 0.25) is 5.91 Å². The molecule has 1 aliphatic rings. The number of ether oxygens (including phenoxy) is 1. The maximum absolute atomic E-state index is 11.9. The van der Waals surface area contributed by atoms with E-state index in [4.69, 9.17) is 16.3 Å².